The van der Waals surface area contributed by atoms with Crippen LogP contribution in [0.2, 0.25) is 0 Å². The smallest absolute Gasteiger partial charge is 0.352 e. The number of aromatic nitrogens is 6. The third-order valence-corrected chi connectivity index (χ3v) is 11.1. The number of nitrogens with zero attached hydrogens (tertiary/aromatic N) is 6. The summed E-state index contributed by atoms with van der Waals surface area (Å²) < 4.78 is 6.42. The molecule has 52 heavy (non-hydrogen) atoms. The lowest BCUT2D eigenvalue weighted by molar-refractivity contribution is -0.150. The molecule has 1 fully saturated rings. The second-order valence-electron chi connectivity index (χ2n) is 11.0. The molecule has 4 aromatic rings. The van der Waals surface area contributed by atoms with Crippen molar-refractivity contribution < 1.29 is 38.9 Å². The van der Waals surface area contributed by atoms with Gasteiger partial charge in [0.05, 0.1) is 17.7 Å². The molecule has 3 atom stereocenters. The molecule has 0 radical (unpaired) electrons. The number of H-pyrrole nitrogens is 1. The number of ether oxygens (including phenoxy) is 1. The predicted molar refractivity (Wildman–Crippen MR) is 186 cm³/mol. The normalized spacial score (nSPS) is 17.1. The number of aliphatic carboxylic acids is 1. The third kappa shape index (κ3) is 7.48. The number of anilines is 1. The zero-order valence-corrected chi connectivity index (χ0v) is 29.5. The number of benzene rings is 1. The van der Waals surface area contributed by atoms with Crippen LogP contribution in [0.25, 0.3) is 10.7 Å². The number of amides is 4. The number of aromatic hydroxyl groups is 1. The first-order valence-electron chi connectivity index (χ1n) is 15.2. The van der Waals surface area contributed by atoms with Gasteiger partial charge in [0.25, 0.3) is 11.5 Å². The lowest BCUT2D eigenvalue weighted by Crippen LogP contribution is -2.71. The van der Waals surface area contributed by atoms with Crippen molar-refractivity contribution in [1.82, 2.24) is 45.7 Å². The maximum absolute atomic E-state index is 13.7. The number of tetrazole rings is 1. The van der Waals surface area contributed by atoms with Crippen molar-refractivity contribution in [2.45, 2.75) is 29.5 Å². The average Bonchev–Trinajstić information content (AvgIpc) is 3.79. The number of hydrogen-bond donors (Lipinski definition) is 6. The number of β-lactam (4-membered cyclic amide) rings is 1. The van der Waals surface area contributed by atoms with Gasteiger partial charge in [0.2, 0.25) is 11.1 Å². The number of phenols is 1. The fraction of sp³-hybridized carbons (Fsp3) is 0.267. The monoisotopic (exact) mass is 768 g/mol. The van der Waals surface area contributed by atoms with Crippen LogP contribution in [0, 0.1) is 0 Å². The molecular weight excluding hydrogens is 741 g/mol. The number of thioether (sulfide) groups is 2. The molecular formula is C30H28N10O9S3. The molecule has 3 aromatic heterocycles. The predicted octanol–water partition coefficient (Wildman–Crippen LogP) is 1.30. The minimum Gasteiger partial charge on any atom is -0.508 e. The quantitative estimate of drug-likeness (QED) is 0.0674. The van der Waals surface area contributed by atoms with E-state index in [-0.39, 0.29) is 46.6 Å². The van der Waals surface area contributed by atoms with Gasteiger partial charge in [-0.3, -0.25) is 19.3 Å². The number of thiophene rings is 1. The Kier molecular flexibility index (Phi) is 10.6. The largest absolute Gasteiger partial charge is 0.508 e. The summed E-state index contributed by atoms with van der Waals surface area (Å²) in [5, 5.41) is 38.2. The number of aryl methyl sites for hydroxylation is 1. The van der Waals surface area contributed by atoms with Crippen LogP contribution < -0.4 is 21.5 Å². The van der Waals surface area contributed by atoms with Crippen LogP contribution in [-0.2, 0) is 26.2 Å². The fourth-order valence-electron chi connectivity index (χ4n) is 5.17. The first kappa shape index (κ1) is 36.1. The summed E-state index contributed by atoms with van der Waals surface area (Å²) in [5.74, 6) is -2.78. The van der Waals surface area contributed by atoms with Crippen molar-refractivity contribution in [2.75, 3.05) is 23.4 Å². The SMILES string of the molecule is CCOC(=O)c1ccc(-c2ncc(NC(=O)NC(C(=O)NC3C(=O)N4C(C(=O)O)=C(CSc5nnnn5C)CS[C@@H]34)c3ccc(O)cc3)c(=O)[nH]2)s1. The van der Waals surface area contributed by atoms with Crippen molar-refractivity contribution in [3.8, 4) is 16.5 Å². The summed E-state index contributed by atoms with van der Waals surface area (Å²) in [6, 6.07) is 4.99. The number of carboxylic acids is 1. The maximum atomic E-state index is 13.7. The fourth-order valence-corrected chi connectivity index (χ4v) is 8.36. The van der Waals surface area contributed by atoms with Gasteiger partial charge in [-0.05, 0) is 52.8 Å². The van der Waals surface area contributed by atoms with E-state index < -0.39 is 52.8 Å². The van der Waals surface area contributed by atoms with E-state index >= 15 is 0 Å². The van der Waals surface area contributed by atoms with E-state index in [9.17, 15) is 39.0 Å². The molecule has 4 amide bonds. The Balaban J connectivity index is 1.14. The maximum Gasteiger partial charge on any atom is 0.352 e. The van der Waals surface area contributed by atoms with Gasteiger partial charge in [0.15, 0.2) is 0 Å². The van der Waals surface area contributed by atoms with Crippen LogP contribution in [-0.4, -0.2) is 105 Å². The Morgan fingerprint density at radius 1 is 1.15 bits per heavy atom. The zero-order chi connectivity index (χ0) is 37.1. The van der Waals surface area contributed by atoms with E-state index in [1.807, 2.05) is 0 Å². The van der Waals surface area contributed by atoms with E-state index in [1.54, 1.807) is 20.0 Å². The molecule has 0 bridgehead atoms. The van der Waals surface area contributed by atoms with Crippen LogP contribution in [0.1, 0.15) is 28.2 Å². The minimum absolute atomic E-state index is 0.106. The van der Waals surface area contributed by atoms with Crippen molar-refractivity contribution in [3.05, 3.63) is 74.7 Å². The Morgan fingerprint density at radius 2 is 1.92 bits per heavy atom. The Labute approximate surface area is 305 Å². The molecule has 1 saturated heterocycles. The molecule has 0 spiro atoms. The van der Waals surface area contributed by atoms with Gasteiger partial charge in [-0.25, -0.2) is 24.0 Å². The average molecular weight is 769 g/mol. The number of fused-ring (bicyclic) bond motifs is 1. The highest BCUT2D eigenvalue weighted by atomic mass is 32.2. The van der Waals surface area contributed by atoms with E-state index in [0.717, 1.165) is 22.4 Å². The van der Waals surface area contributed by atoms with Crippen LogP contribution >= 0.6 is 34.9 Å². The lowest BCUT2D eigenvalue weighted by atomic mass is 10.0. The van der Waals surface area contributed by atoms with Crippen molar-refractivity contribution in [3.63, 3.8) is 0 Å². The van der Waals surface area contributed by atoms with E-state index in [4.69, 9.17) is 4.74 Å². The minimum atomic E-state index is -1.42. The number of hydrogen-bond acceptors (Lipinski definition) is 15. The standard InChI is InChI=1S/C30H28N10O9S3/c1-3-49-28(47)18-9-8-17(52-18)22-31-10-16(23(42)35-22)32-29(48)34-19(13-4-6-15(41)7-5-13)24(43)33-20-25(44)40-21(27(45)46)14(11-50-26(20)40)12-51-30-36-37-38-39(30)2/h4-10,19-20,26,41H,3,11-12H2,1-2H3,(H,33,43)(H,45,46)(H,31,35,42)(H2,32,34,48)/t19?,20?,26-/m0/s1. The first-order valence-corrected chi connectivity index (χ1v) is 18.1. The summed E-state index contributed by atoms with van der Waals surface area (Å²) >= 11 is 3.54. The third-order valence-electron chi connectivity index (χ3n) is 7.63. The molecule has 0 aliphatic carbocycles. The first-order chi connectivity index (χ1) is 24.9. The van der Waals surface area contributed by atoms with Gasteiger partial charge >= 0.3 is 18.0 Å². The molecule has 6 N–H and O–H groups in total. The number of carbonyl (C=O) groups is 5. The van der Waals surface area contributed by atoms with Crippen LogP contribution in [0.5, 0.6) is 5.75 Å². The second kappa shape index (κ2) is 15.2. The number of carboxylic acid groups (broad SMARTS) is 1. The molecule has 2 aliphatic rings. The Morgan fingerprint density at radius 3 is 2.60 bits per heavy atom. The second-order valence-corrected chi connectivity index (χ2v) is 14.1. The number of rotatable bonds is 12. The van der Waals surface area contributed by atoms with Crippen molar-refractivity contribution in [1.29, 1.82) is 0 Å². The van der Waals surface area contributed by atoms with Gasteiger partial charge in [-0.2, -0.15) is 0 Å². The number of esters is 1. The summed E-state index contributed by atoms with van der Waals surface area (Å²) in [6.07, 6.45) is 1.11. The molecule has 1 aromatic carbocycles. The van der Waals surface area contributed by atoms with E-state index in [2.05, 4.69) is 41.4 Å². The molecule has 0 saturated carbocycles. The molecule has 2 aliphatic heterocycles. The Hall–Kier alpha value is -5.74. The molecule has 6 rings (SSSR count). The van der Waals surface area contributed by atoms with Gasteiger partial charge in [0, 0.05) is 18.6 Å². The number of phenolic OH excluding ortho intramolecular Hbond substituents is 1. The molecule has 22 heteroatoms. The van der Waals surface area contributed by atoms with Gasteiger partial charge < -0.3 is 35.9 Å². The number of aromatic amines is 1. The van der Waals surface area contributed by atoms with Gasteiger partial charge in [-0.1, -0.05) is 23.9 Å². The van der Waals surface area contributed by atoms with Crippen LogP contribution in [0.4, 0.5) is 10.5 Å². The zero-order valence-electron chi connectivity index (χ0n) is 27.1. The summed E-state index contributed by atoms with van der Waals surface area (Å²) in [5.41, 5.74) is -0.451. The van der Waals surface area contributed by atoms with Crippen molar-refractivity contribution in [2.24, 2.45) is 7.05 Å². The summed E-state index contributed by atoms with van der Waals surface area (Å²) in [4.78, 5) is 86.0. The molecule has 19 nitrogen and oxygen atoms in total. The molecule has 5 heterocycles. The van der Waals surface area contributed by atoms with Crippen LogP contribution in [0.15, 0.2) is 63.8 Å². The van der Waals surface area contributed by atoms with E-state index in [0.29, 0.717) is 20.5 Å². The topological polar surface area (TPSA) is 264 Å². The number of carbonyl (C=O) groups excluding carboxylic acids is 4. The Bertz CT molecular complexity index is 2150. The van der Waals surface area contributed by atoms with E-state index in [1.165, 1.54) is 58.5 Å². The highest BCUT2D eigenvalue weighted by molar-refractivity contribution is 8.01. The lowest BCUT2D eigenvalue weighted by Gasteiger charge is -2.49. The number of urea groups is 1. The summed E-state index contributed by atoms with van der Waals surface area (Å²) in [6.45, 7) is 1.88. The van der Waals surface area contributed by atoms with Crippen molar-refractivity contribution >= 4 is 70.3 Å². The van der Waals surface area contributed by atoms with Gasteiger partial charge in [0.1, 0.15) is 45.3 Å². The molecule has 2 unspecified atom stereocenters. The summed E-state index contributed by atoms with van der Waals surface area (Å²) in [7, 11) is 1.64. The highest BCUT2D eigenvalue weighted by Gasteiger charge is 2.54. The highest BCUT2D eigenvalue weighted by Crippen LogP contribution is 2.41. The molecule has 270 valence electrons. The number of nitrogens with one attached hydrogen (secondary N) is 4. The van der Waals surface area contributed by atoms with Gasteiger partial charge in [-0.15, -0.1) is 28.2 Å². The van der Waals surface area contributed by atoms with Crippen LogP contribution in [0.3, 0.4) is 0 Å².